The van der Waals surface area contributed by atoms with Crippen molar-refractivity contribution in [3.05, 3.63) is 88.2 Å². The molecule has 180 valence electrons. The summed E-state index contributed by atoms with van der Waals surface area (Å²) in [6.07, 6.45) is 4.97. The van der Waals surface area contributed by atoms with Gasteiger partial charge in [0.25, 0.3) is 5.91 Å². The summed E-state index contributed by atoms with van der Waals surface area (Å²) in [5, 5.41) is 18.9. The number of phenolic OH excluding ortho intramolecular Hbond substituents is 1. The number of thioether (sulfide) groups is 1. The molecule has 2 aromatic carbocycles. The van der Waals surface area contributed by atoms with Gasteiger partial charge in [0.2, 0.25) is 0 Å². The van der Waals surface area contributed by atoms with E-state index in [0.717, 1.165) is 11.1 Å². The summed E-state index contributed by atoms with van der Waals surface area (Å²) in [4.78, 5) is 15.2. The molecule has 0 aliphatic carbocycles. The monoisotopic (exact) mass is 489 g/mol. The molecule has 1 aromatic heterocycles. The second-order valence-corrected chi connectivity index (χ2v) is 10.0. The predicted octanol–water partition coefficient (Wildman–Crippen LogP) is 5.80. The number of rotatable bonds is 6. The third kappa shape index (κ3) is 5.84. The first kappa shape index (κ1) is 24.3. The summed E-state index contributed by atoms with van der Waals surface area (Å²) in [5.74, 6) is 0.799. The number of amidine groups is 1. The van der Waals surface area contributed by atoms with Crippen LogP contribution in [0.3, 0.4) is 0 Å². The maximum atomic E-state index is 13.2. The van der Waals surface area contributed by atoms with Crippen LogP contribution in [-0.4, -0.2) is 34.4 Å². The molecule has 1 aliphatic rings. The Morgan fingerprint density at radius 3 is 2.51 bits per heavy atom. The first-order valence-electron chi connectivity index (χ1n) is 11.1. The van der Waals surface area contributed by atoms with Gasteiger partial charge in [0.05, 0.1) is 31.0 Å². The van der Waals surface area contributed by atoms with E-state index in [-0.39, 0.29) is 23.6 Å². The average Bonchev–Trinajstić information content (AvgIpc) is 3.44. The molecule has 1 aliphatic heterocycles. The van der Waals surface area contributed by atoms with Crippen molar-refractivity contribution in [2.24, 2.45) is 10.2 Å². The molecule has 3 aromatic rings. The second-order valence-electron chi connectivity index (χ2n) is 9.01. The minimum atomic E-state index is -0.207. The maximum Gasteiger partial charge on any atom is 0.267 e. The van der Waals surface area contributed by atoms with Gasteiger partial charge in [-0.2, -0.15) is 5.10 Å². The van der Waals surface area contributed by atoms with E-state index in [9.17, 15) is 9.90 Å². The van der Waals surface area contributed by atoms with Crippen LogP contribution in [0.5, 0.6) is 11.5 Å². The Hall–Kier alpha value is -3.78. The Morgan fingerprint density at radius 2 is 1.86 bits per heavy atom. The number of furan rings is 1. The van der Waals surface area contributed by atoms with Crippen molar-refractivity contribution < 1.29 is 19.1 Å². The Morgan fingerprint density at radius 1 is 1.11 bits per heavy atom. The lowest BCUT2D eigenvalue weighted by molar-refractivity contribution is -0.122. The van der Waals surface area contributed by atoms with Crippen LogP contribution < -0.4 is 4.74 Å². The molecule has 1 fully saturated rings. The molecule has 2 heterocycles. The number of benzene rings is 2. The van der Waals surface area contributed by atoms with Crippen molar-refractivity contribution in [2.45, 2.75) is 32.7 Å². The zero-order valence-electron chi connectivity index (χ0n) is 20.1. The summed E-state index contributed by atoms with van der Waals surface area (Å²) >= 11 is 1.23. The summed E-state index contributed by atoms with van der Waals surface area (Å²) in [6, 6.07) is 16.7. The number of hydrogen-bond acceptors (Lipinski definition) is 7. The topological polar surface area (TPSA) is 87.6 Å². The molecule has 1 N–H and O–H groups in total. The zero-order chi connectivity index (χ0) is 25.0. The first-order chi connectivity index (χ1) is 16.7. The van der Waals surface area contributed by atoms with Crippen LogP contribution in [0.15, 0.2) is 80.4 Å². The molecule has 1 saturated heterocycles. The van der Waals surface area contributed by atoms with Gasteiger partial charge in [-0.1, -0.05) is 51.1 Å². The van der Waals surface area contributed by atoms with Crippen LogP contribution in [0, 0.1) is 0 Å². The minimum Gasteiger partial charge on any atom is -0.504 e. The molecule has 8 heteroatoms. The molecule has 7 nitrogen and oxygen atoms in total. The minimum absolute atomic E-state index is 0.0339. The van der Waals surface area contributed by atoms with E-state index in [1.54, 1.807) is 36.8 Å². The van der Waals surface area contributed by atoms with E-state index in [1.807, 2.05) is 18.2 Å². The Bertz CT molecular complexity index is 1290. The number of hydrogen-bond donors (Lipinski definition) is 1. The third-order valence-electron chi connectivity index (χ3n) is 5.41. The summed E-state index contributed by atoms with van der Waals surface area (Å²) in [6.45, 7) is 6.75. The molecule has 35 heavy (non-hydrogen) atoms. The molecule has 0 radical (unpaired) electrons. The quantitative estimate of drug-likeness (QED) is 0.269. The van der Waals surface area contributed by atoms with Gasteiger partial charge in [-0.15, -0.1) is 5.10 Å². The fourth-order valence-corrected chi connectivity index (χ4v) is 4.36. The molecular weight excluding hydrogens is 462 g/mol. The summed E-state index contributed by atoms with van der Waals surface area (Å²) in [5.41, 5.74) is 2.95. The number of carbonyl (C=O) groups excluding carboxylic acids is 1. The van der Waals surface area contributed by atoms with E-state index in [1.165, 1.54) is 35.4 Å². The van der Waals surface area contributed by atoms with E-state index in [0.29, 0.717) is 21.6 Å². The van der Waals surface area contributed by atoms with E-state index < -0.39 is 0 Å². The maximum absolute atomic E-state index is 13.2. The Balaban J connectivity index is 1.60. The lowest BCUT2D eigenvalue weighted by atomic mass is 9.87. The Labute approximate surface area is 208 Å². The number of ether oxygens (including phenoxy) is 1. The second kappa shape index (κ2) is 10.2. The third-order valence-corrected chi connectivity index (χ3v) is 6.41. The lowest BCUT2D eigenvalue weighted by Crippen LogP contribution is -2.28. The molecule has 4 rings (SSSR count). The van der Waals surface area contributed by atoms with Crippen molar-refractivity contribution in [3.63, 3.8) is 0 Å². The number of phenols is 1. The molecule has 0 bridgehead atoms. The van der Waals surface area contributed by atoms with E-state index in [4.69, 9.17) is 9.15 Å². The standard InChI is InChI=1S/C27H27N3O4S/c1-27(2,3)20-10-7-18(8-11-20)16-28-29-26-30(17-21-6-5-13-34-21)25(32)24(35-26)15-19-9-12-22(31)23(14-19)33-4/h5-16,31H,17H2,1-4H3/b24-15-,28-16-,29-26+. The lowest BCUT2D eigenvalue weighted by Gasteiger charge is -2.18. The highest BCUT2D eigenvalue weighted by molar-refractivity contribution is 8.18. The molecule has 0 atom stereocenters. The number of aromatic hydroxyl groups is 1. The number of carbonyl (C=O) groups is 1. The molecule has 0 unspecified atom stereocenters. The Kier molecular flexibility index (Phi) is 7.12. The normalized spacial score (nSPS) is 16.7. The highest BCUT2D eigenvalue weighted by Gasteiger charge is 2.34. The SMILES string of the molecule is COc1cc(/C=C2\S/C(=N/N=C\c3ccc(C(C)(C)C)cc3)N(Cc3ccco3)C2=O)ccc1O. The highest BCUT2D eigenvalue weighted by Crippen LogP contribution is 2.35. The van der Waals surface area contributed by atoms with Gasteiger partial charge in [0, 0.05) is 0 Å². The molecule has 0 spiro atoms. The van der Waals surface area contributed by atoms with Gasteiger partial charge in [0.15, 0.2) is 16.7 Å². The average molecular weight is 490 g/mol. The van der Waals surface area contributed by atoms with Crippen LogP contribution in [0.25, 0.3) is 6.08 Å². The van der Waals surface area contributed by atoms with Gasteiger partial charge in [-0.25, -0.2) is 0 Å². The van der Waals surface area contributed by atoms with Crippen molar-refractivity contribution in [1.29, 1.82) is 0 Å². The predicted molar refractivity (Wildman–Crippen MR) is 140 cm³/mol. The van der Waals surface area contributed by atoms with Crippen molar-refractivity contribution in [1.82, 2.24) is 4.90 Å². The van der Waals surface area contributed by atoms with Gasteiger partial charge in [-0.3, -0.25) is 9.69 Å². The zero-order valence-corrected chi connectivity index (χ0v) is 20.9. The van der Waals surface area contributed by atoms with Gasteiger partial charge < -0.3 is 14.3 Å². The van der Waals surface area contributed by atoms with Crippen molar-refractivity contribution in [3.8, 4) is 11.5 Å². The van der Waals surface area contributed by atoms with Gasteiger partial charge >= 0.3 is 0 Å². The smallest absolute Gasteiger partial charge is 0.267 e. The van der Waals surface area contributed by atoms with Gasteiger partial charge in [0.1, 0.15) is 5.76 Å². The molecule has 0 saturated carbocycles. The van der Waals surface area contributed by atoms with Crippen LogP contribution in [0.2, 0.25) is 0 Å². The van der Waals surface area contributed by atoms with E-state index in [2.05, 4.69) is 43.1 Å². The van der Waals surface area contributed by atoms with Gasteiger partial charge in [-0.05, 0) is 64.2 Å². The fourth-order valence-electron chi connectivity index (χ4n) is 3.43. The van der Waals surface area contributed by atoms with Crippen molar-refractivity contribution >= 4 is 35.1 Å². The summed E-state index contributed by atoms with van der Waals surface area (Å²) < 4.78 is 10.6. The molecule has 1 amide bonds. The van der Waals surface area contributed by atoms with Crippen LogP contribution >= 0.6 is 11.8 Å². The first-order valence-corrected chi connectivity index (χ1v) is 11.9. The number of methoxy groups -OCH3 is 1. The van der Waals surface area contributed by atoms with Crippen molar-refractivity contribution in [2.75, 3.05) is 7.11 Å². The highest BCUT2D eigenvalue weighted by atomic mass is 32.2. The number of amides is 1. The fraction of sp³-hybridized carbons (Fsp3) is 0.222. The molecular formula is C27H27N3O4S. The summed E-state index contributed by atoms with van der Waals surface area (Å²) in [7, 11) is 1.48. The van der Waals surface area contributed by atoms with Crippen LogP contribution in [0.4, 0.5) is 0 Å². The largest absolute Gasteiger partial charge is 0.504 e. The van der Waals surface area contributed by atoms with Crippen LogP contribution in [-0.2, 0) is 16.8 Å². The number of nitrogens with zero attached hydrogens (tertiary/aromatic N) is 3. The van der Waals surface area contributed by atoms with E-state index >= 15 is 0 Å². The van der Waals surface area contributed by atoms with Crippen LogP contribution in [0.1, 0.15) is 43.2 Å².